The van der Waals surface area contributed by atoms with E-state index in [2.05, 4.69) is 18.8 Å². The molecule has 0 spiro atoms. The molecule has 1 aromatic heterocycles. The molecule has 0 aliphatic heterocycles. The Labute approximate surface area is 55.7 Å². The standard InChI is InChI=1S/C8H10N/c1-7(2)8-3-5-9-6-4-8/h3-6H,1-2H3. The lowest BCUT2D eigenvalue weighted by Gasteiger charge is -2.00. The molecule has 0 saturated heterocycles. The van der Waals surface area contributed by atoms with Crippen LogP contribution in [0.1, 0.15) is 19.4 Å². The SMILES string of the molecule is C[C](C)c1ccncc1. The Balaban J connectivity index is 2.85. The Morgan fingerprint density at radius 1 is 1.22 bits per heavy atom. The topological polar surface area (TPSA) is 12.9 Å². The van der Waals surface area contributed by atoms with Crippen molar-refractivity contribution in [1.29, 1.82) is 0 Å². The molecule has 1 heteroatoms. The maximum Gasteiger partial charge on any atom is 0.0270 e. The molecule has 1 radical (unpaired) electrons. The summed E-state index contributed by atoms with van der Waals surface area (Å²) in [6.45, 7) is 4.19. The van der Waals surface area contributed by atoms with E-state index in [4.69, 9.17) is 0 Å². The van der Waals surface area contributed by atoms with Gasteiger partial charge in [-0.2, -0.15) is 0 Å². The quantitative estimate of drug-likeness (QED) is 0.552. The largest absolute Gasteiger partial charge is 0.265 e. The summed E-state index contributed by atoms with van der Waals surface area (Å²) >= 11 is 0. The molecular weight excluding hydrogens is 110 g/mol. The highest BCUT2D eigenvalue weighted by atomic mass is 14.6. The molecule has 0 bridgehead atoms. The summed E-state index contributed by atoms with van der Waals surface area (Å²) in [6.07, 6.45) is 3.62. The van der Waals surface area contributed by atoms with Gasteiger partial charge in [0.1, 0.15) is 0 Å². The van der Waals surface area contributed by atoms with Gasteiger partial charge in [0.25, 0.3) is 0 Å². The van der Waals surface area contributed by atoms with Gasteiger partial charge in [-0.1, -0.05) is 13.8 Å². The normalized spacial score (nSPS) is 10.1. The van der Waals surface area contributed by atoms with Gasteiger partial charge < -0.3 is 0 Å². The maximum absolute atomic E-state index is 3.91. The smallest absolute Gasteiger partial charge is 0.0270 e. The van der Waals surface area contributed by atoms with E-state index in [0.717, 1.165) is 0 Å². The third-order valence-corrected chi connectivity index (χ3v) is 1.26. The minimum Gasteiger partial charge on any atom is -0.265 e. The first kappa shape index (κ1) is 6.27. The summed E-state index contributed by atoms with van der Waals surface area (Å²) < 4.78 is 0. The average molecular weight is 120 g/mol. The van der Waals surface area contributed by atoms with Crippen LogP contribution in [0, 0.1) is 5.92 Å². The summed E-state index contributed by atoms with van der Waals surface area (Å²) in [5.41, 5.74) is 1.27. The van der Waals surface area contributed by atoms with E-state index in [1.54, 1.807) is 0 Å². The van der Waals surface area contributed by atoms with Crippen LogP contribution in [-0.2, 0) is 0 Å². The monoisotopic (exact) mass is 120 g/mol. The number of nitrogens with zero attached hydrogens (tertiary/aromatic N) is 1. The highest BCUT2D eigenvalue weighted by Crippen LogP contribution is 2.09. The first-order valence-electron chi connectivity index (χ1n) is 3.01. The van der Waals surface area contributed by atoms with Gasteiger partial charge >= 0.3 is 0 Å². The van der Waals surface area contributed by atoms with Crippen LogP contribution in [0.25, 0.3) is 0 Å². The molecule has 0 unspecified atom stereocenters. The van der Waals surface area contributed by atoms with E-state index in [-0.39, 0.29) is 0 Å². The fraction of sp³-hybridized carbons (Fsp3) is 0.250. The van der Waals surface area contributed by atoms with Crippen molar-refractivity contribution in [2.75, 3.05) is 0 Å². The second-order valence-electron chi connectivity index (χ2n) is 2.24. The zero-order valence-corrected chi connectivity index (χ0v) is 5.76. The second kappa shape index (κ2) is 2.62. The van der Waals surface area contributed by atoms with E-state index in [1.165, 1.54) is 11.5 Å². The first-order chi connectivity index (χ1) is 4.30. The van der Waals surface area contributed by atoms with Gasteiger partial charge in [0, 0.05) is 12.4 Å². The summed E-state index contributed by atoms with van der Waals surface area (Å²) in [6, 6.07) is 4.02. The molecule has 0 atom stereocenters. The lowest BCUT2D eigenvalue weighted by atomic mass is 10.1. The Kier molecular flexibility index (Phi) is 1.83. The number of hydrogen-bond donors (Lipinski definition) is 0. The second-order valence-corrected chi connectivity index (χ2v) is 2.24. The van der Waals surface area contributed by atoms with Crippen molar-refractivity contribution >= 4 is 0 Å². The number of aromatic nitrogens is 1. The van der Waals surface area contributed by atoms with Gasteiger partial charge in [0.15, 0.2) is 0 Å². The molecule has 47 valence electrons. The number of rotatable bonds is 1. The average Bonchev–Trinajstić information content (AvgIpc) is 1.90. The highest BCUT2D eigenvalue weighted by molar-refractivity contribution is 5.24. The molecule has 1 rings (SSSR count). The van der Waals surface area contributed by atoms with Crippen molar-refractivity contribution in [2.24, 2.45) is 0 Å². The van der Waals surface area contributed by atoms with Crippen LogP contribution in [0.15, 0.2) is 24.5 Å². The van der Waals surface area contributed by atoms with Crippen LogP contribution < -0.4 is 0 Å². The molecule has 0 amide bonds. The van der Waals surface area contributed by atoms with Gasteiger partial charge in [-0.3, -0.25) is 4.98 Å². The molecular formula is C8H10N. The third-order valence-electron chi connectivity index (χ3n) is 1.26. The van der Waals surface area contributed by atoms with E-state index in [9.17, 15) is 0 Å². The molecule has 9 heavy (non-hydrogen) atoms. The fourth-order valence-electron chi connectivity index (χ4n) is 0.685. The van der Waals surface area contributed by atoms with Gasteiger partial charge in [-0.25, -0.2) is 0 Å². The van der Waals surface area contributed by atoms with Crippen LogP contribution in [0.2, 0.25) is 0 Å². The molecule has 0 aliphatic rings. The molecule has 1 aromatic rings. The van der Waals surface area contributed by atoms with Crippen LogP contribution in [-0.4, -0.2) is 4.98 Å². The van der Waals surface area contributed by atoms with Gasteiger partial charge in [-0.15, -0.1) is 0 Å². The lowest BCUT2D eigenvalue weighted by Crippen LogP contribution is -1.86. The Morgan fingerprint density at radius 3 is 2.11 bits per heavy atom. The van der Waals surface area contributed by atoms with Gasteiger partial charge in [0.05, 0.1) is 0 Å². The Morgan fingerprint density at radius 2 is 1.78 bits per heavy atom. The zero-order chi connectivity index (χ0) is 6.69. The van der Waals surface area contributed by atoms with Crippen molar-refractivity contribution in [3.05, 3.63) is 36.0 Å². The van der Waals surface area contributed by atoms with E-state index in [0.29, 0.717) is 0 Å². The number of pyridine rings is 1. The Hall–Kier alpha value is -0.850. The molecule has 0 aliphatic carbocycles. The van der Waals surface area contributed by atoms with Crippen molar-refractivity contribution in [3.8, 4) is 0 Å². The van der Waals surface area contributed by atoms with Crippen LogP contribution in [0.3, 0.4) is 0 Å². The molecule has 1 nitrogen and oxygen atoms in total. The van der Waals surface area contributed by atoms with E-state index >= 15 is 0 Å². The maximum atomic E-state index is 3.91. The highest BCUT2D eigenvalue weighted by Gasteiger charge is 1.94. The molecule has 0 saturated carbocycles. The summed E-state index contributed by atoms with van der Waals surface area (Å²) in [5.74, 6) is 1.33. The lowest BCUT2D eigenvalue weighted by molar-refractivity contribution is 1.13. The van der Waals surface area contributed by atoms with Crippen molar-refractivity contribution in [2.45, 2.75) is 13.8 Å². The van der Waals surface area contributed by atoms with E-state index < -0.39 is 0 Å². The van der Waals surface area contributed by atoms with E-state index in [1.807, 2.05) is 24.5 Å². The van der Waals surface area contributed by atoms with Gasteiger partial charge in [0.2, 0.25) is 0 Å². The summed E-state index contributed by atoms with van der Waals surface area (Å²) in [4.78, 5) is 3.91. The minimum atomic E-state index is 1.27. The summed E-state index contributed by atoms with van der Waals surface area (Å²) in [5, 5.41) is 0. The van der Waals surface area contributed by atoms with Crippen molar-refractivity contribution in [1.82, 2.24) is 4.98 Å². The molecule has 0 N–H and O–H groups in total. The fourth-order valence-corrected chi connectivity index (χ4v) is 0.685. The molecule has 1 heterocycles. The van der Waals surface area contributed by atoms with Crippen molar-refractivity contribution in [3.63, 3.8) is 0 Å². The number of hydrogen-bond acceptors (Lipinski definition) is 1. The predicted molar refractivity (Wildman–Crippen MR) is 37.9 cm³/mol. The first-order valence-corrected chi connectivity index (χ1v) is 3.01. The zero-order valence-electron chi connectivity index (χ0n) is 5.76. The molecule has 0 aromatic carbocycles. The minimum absolute atomic E-state index is 1.27. The summed E-state index contributed by atoms with van der Waals surface area (Å²) in [7, 11) is 0. The predicted octanol–water partition coefficient (Wildman–Crippen LogP) is 2.04. The van der Waals surface area contributed by atoms with Gasteiger partial charge in [-0.05, 0) is 23.6 Å². The van der Waals surface area contributed by atoms with Crippen LogP contribution in [0.5, 0.6) is 0 Å². The molecule has 0 fully saturated rings. The Bertz CT molecular complexity index is 167. The van der Waals surface area contributed by atoms with Crippen LogP contribution in [0.4, 0.5) is 0 Å². The van der Waals surface area contributed by atoms with Crippen molar-refractivity contribution < 1.29 is 0 Å². The third kappa shape index (κ3) is 1.53. The van der Waals surface area contributed by atoms with Crippen LogP contribution >= 0.6 is 0 Å².